The van der Waals surface area contributed by atoms with E-state index in [0.29, 0.717) is 6.04 Å². The Morgan fingerprint density at radius 2 is 2.07 bits per heavy atom. The lowest BCUT2D eigenvalue weighted by Gasteiger charge is -2.24. The second-order valence-corrected chi connectivity index (χ2v) is 5.91. The zero-order chi connectivity index (χ0) is 10.9. The van der Waals surface area contributed by atoms with Crippen LogP contribution in [0.3, 0.4) is 0 Å². The summed E-state index contributed by atoms with van der Waals surface area (Å²) >= 11 is 0. The third-order valence-corrected chi connectivity index (χ3v) is 3.58. The van der Waals surface area contributed by atoms with E-state index in [1.807, 2.05) is 0 Å². The predicted octanol–water partition coefficient (Wildman–Crippen LogP) is 0.831. The molecule has 1 aliphatic heterocycles. The summed E-state index contributed by atoms with van der Waals surface area (Å²) in [6, 6.07) is 1.55. The number of likely N-dealkylation sites (tertiary alicyclic amines) is 1. The molecule has 3 nitrogen and oxygen atoms in total. The summed E-state index contributed by atoms with van der Waals surface area (Å²) in [4.78, 5) is 2.61. The molecule has 1 aliphatic carbocycles. The van der Waals surface area contributed by atoms with Gasteiger partial charge in [0, 0.05) is 43.7 Å². The molecule has 2 aliphatic rings. The Kier molecular flexibility index (Phi) is 3.33. The molecule has 0 aromatic carbocycles. The molecule has 1 atom stereocenters. The fraction of sp³-hybridized carbons (Fsp3) is 1.00. The fourth-order valence-corrected chi connectivity index (χ4v) is 2.20. The minimum Gasteiger partial charge on any atom is -0.396 e. The van der Waals surface area contributed by atoms with Gasteiger partial charge in [-0.25, -0.2) is 0 Å². The van der Waals surface area contributed by atoms with Gasteiger partial charge in [-0.3, -0.25) is 4.90 Å². The number of aliphatic hydroxyl groups is 1. The van der Waals surface area contributed by atoms with Crippen LogP contribution < -0.4 is 5.32 Å². The highest BCUT2D eigenvalue weighted by Crippen LogP contribution is 2.29. The lowest BCUT2D eigenvalue weighted by molar-refractivity contribution is 0.153. The molecule has 88 valence electrons. The second kappa shape index (κ2) is 4.40. The Morgan fingerprint density at radius 1 is 1.33 bits per heavy atom. The van der Waals surface area contributed by atoms with E-state index in [9.17, 15) is 0 Å². The van der Waals surface area contributed by atoms with E-state index >= 15 is 0 Å². The topological polar surface area (TPSA) is 35.5 Å². The lowest BCUT2D eigenvalue weighted by Crippen LogP contribution is -2.40. The first-order valence-corrected chi connectivity index (χ1v) is 6.19. The molecular weight excluding hydrogens is 188 g/mol. The summed E-state index contributed by atoms with van der Waals surface area (Å²) in [5.74, 6) is 0. The third-order valence-electron chi connectivity index (χ3n) is 3.58. The van der Waals surface area contributed by atoms with Crippen molar-refractivity contribution in [2.24, 2.45) is 5.41 Å². The Bertz CT molecular complexity index is 214. The minimum atomic E-state index is 0.0208. The molecule has 1 heterocycles. The van der Waals surface area contributed by atoms with Crippen LogP contribution in [0.4, 0.5) is 0 Å². The van der Waals surface area contributed by atoms with Crippen molar-refractivity contribution in [3.8, 4) is 0 Å². The highest BCUT2D eigenvalue weighted by molar-refractivity contribution is 4.92. The van der Waals surface area contributed by atoms with Crippen molar-refractivity contribution in [2.45, 2.75) is 45.2 Å². The second-order valence-electron chi connectivity index (χ2n) is 5.91. The van der Waals surface area contributed by atoms with E-state index in [1.54, 1.807) is 0 Å². The molecule has 1 unspecified atom stereocenters. The van der Waals surface area contributed by atoms with Gasteiger partial charge in [-0.1, -0.05) is 13.8 Å². The highest BCUT2D eigenvalue weighted by Gasteiger charge is 2.34. The van der Waals surface area contributed by atoms with Crippen molar-refractivity contribution in [1.82, 2.24) is 10.2 Å². The Hall–Kier alpha value is -0.120. The zero-order valence-corrected chi connectivity index (χ0v) is 10.00. The van der Waals surface area contributed by atoms with Crippen LogP contribution in [0, 0.1) is 5.41 Å². The van der Waals surface area contributed by atoms with Crippen LogP contribution in [0.5, 0.6) is 0 Å². The molecule has 2 fully saturated rings. The maximum absolute atomic E-state index is 9.17. The molecule has 3 heteroatoms. The molecule has 0 radical (unpaired) electrons. The summed E-state index contributed by atoms with van der Waals surface area (Å²) < 4.78 is 0. The predicted molar refractivity (Wildman–Crippen MR) is 61.9 cm³/mol. The molecule has 15 heavy (non-hydrogen) atoms. The number of nitrogens with zero attached hydrogens (tertiary/aromatic N) is 1. The fourth-order valence-electron chi connectivity index (χ4n) is 2.20. The maximum Gasteiger partial charge on any atom is 0.0494 e. The molecule has 1 saturated carbocycles. The van der Waals surface area contributed by atoms with Crippen LogP contribution in [0.1, 0.15) is 33.1 Å². The Balaban J connectivity index is 1.68. The van der Waals surface area contributed by atoms with Crippen molar-refractivity contribution in [1.29, 1.82) is 0 Å². The van der Waals surface area contributed by atoms with Gasteiger partial charge >= 0.3 is 0 Å². The Morgan fingerprint density at radius 3 is 2.67 bits per heavy atom. The van der Waals surface area contributed by atoms with E-state index in [0.717, 1.165) is 12.6 Å². The maximum atomic E-state index is 9.17. The minimum absolute atomic E-state index is 0.0208. The normalized spacial score (nSPS) is 28.6. The molecule has 2 N–H and O–H groups in total. The largest absolute Gasteiger partial charge is 0.396 e. The monoisotopic (exact) mass is 212 g/mol. The van der Waals surface area contributed by atoms with Crippen molar-refractivity contribution < 1.29 is 5.11 Å². The molecule has 0 aromatic rings. The Labute approximate surface area is 92.8 Å². The summed E-state index contributed by atoms with van der Waals surface area (Å²) in [5, 5.41) is 12.8. The van der Waals surface area contributed by atoms with E-state index < -0.39 is 0 Å². The number of nitrogens with one attached hydrogen (secondary N) is 1. The van der Waals surface area contributed by atoms with Gasteiger partial charge in [0.2, 0.25) is 0 Å². The summed E-state index contributed by atoms with van der Waals surface area (Å²) in [6.45, 7) is 7.88. The summed E-state index contributed by atoms with van der Waals surface area (Å²) in [6.07, 6.45) is 4.10. The first-order chi connectivity index (χ1) is 7.11. The first kappa shape index (κ1) is 11.4. The lowest BCUT2D eigenvalue weighted by atomic mass is 9.94. The summed E-state index contributed by atoms with van der Waals surface area (Å²) in [5.41, 5.74) is 0.0208. The number of hydrogen-bond acceptors (Lipinski definition) is 3. The van der Waals surface area contributed by atoms with Gasteiger partial charge in [0.15, 0.2) is 0 Å². The van der Waals surface area contributed by atoms with Gasteiger partial charge in [-0.2, -0.15) is 0 Å². The molecular formula is C12H24N2O. The molecule has 1 saturated heterocycles. The third kappa shape index (κ3) is 3.16. The molecule has 0 aromatic heterocycles. The molecule has 0 spiro atoms. The van der Waals surface area contributed by atoms with Crippen molar-refractivity contribution in [3.63, 3.8) is 0 Å². The standard InChI is InChI=1S/C12H24N2O/c1-12(2,9-15)8-13-10-5-6-14(7-10)11-3-4-11/h10-11,13,15H,3-9H2,1-2H3. The average molecular weight is 212 g/mol. The van der Waals surface area contributed by atoms with E-state index in [2.05, 4.69) is 24.1 Å². The van der Waals surface area contributed by atoms with Crippen LogP contribution in [0.2, 0.25) is 0 Å². The zero-order valence-electron chi connectivity index (χ0n) is 10.00. The number of rotatable bonds is 5. The smallest absolute Gasteiger partial charge is 0.0494 e. The summed E-state index contributed by atoms with van der Waals surface area (Å²) in [7, 11) is 0. The van der Waals surface area contributed by atoms with Crippen LogP contribution in [0.25, 0.3) is 0 Å². The van der Waals surface area contributed by atoms with Crippen LogP contribution in [-0.2, 0) is 0 Å². The van der Waals surface area contributed by atoms with Crippen LogP contribution >= 0.6 is 0 Å². The highest BCUT2D eigenvalue weighted by atomic mass is 16.3. The molecule has 0 bridgehead atoms. The number of hydrogen-bond donors (Lipinski definition) is 2. The molecule has 0 amide bonds. The number of aliphatic hydroxyl groups excluding tert-OH is 1. The van der Waals surface area contributed by atoms with Crippen LogP contribution in [0.15, 0.2) is 0 Å². The van der Waals surface area contributed by atoms with Gasteiger partial charge in [-0.15, -0.1) is 0 Å². The quantitative estimate of drug-likeness (QED) is 0.708. The van der Waals surface area contributed by atoms with Crippen molar-refractivity contribution in [2.75, 3.05) is 26.2 Å². The van der Waals surface area contributed by atoms with E-state index in [4.69, 9.17) is 5.11 Å². The average Bonchev–Trinajstić information content (AvgIpc) is 2.96. The van der Waals surface area contributed by atoms with Gasteiger partial charge in [-0.05, 0) is 19.3 Å². The van der Waals surface area contributed by atoms with Gasteiger partial charge in [0.25, 0.3) is 0 Å². The SMILES string of the molecule is CC(C)(CO)CNC1CCN(C2CC2)C1. The first-order valence-electron chi connectivity index (χ1n) is 6.19. The van der Waals surface area contributed by atoms with Gasteiger partial charge < -0.3 is 10.4 Å². The van der Waals surface area contributed by atoms with Gasteiger partial charge in [0.05, 0.1) is 0 Å². The van der Waals surface area contributed by atoms with Crippen LogP contribution in [-0.4, -0.2) is 48.3 Å². The van der Waals surface area contributed by atoms with E-state index in [1.165, 1.54) is 32.4 Å². The van der Waals surface area contributed by atoms with Crippen molar-refractivity contribution >= 4 is 0 Å². The van der Waals surface area contributed by atoms with E-state index in [-0.39, 0.29) is 12.0 Å². The molecule has 2 rings (SSSR count). The van der Waals surface area contributed by atoms with Gasteiger partial charge in [0.1, 0.15) is 0 Å². The van der Waals surface area contributed by atoms with Crippen molar-refractivity contribution in [3.05, 3.63) is 0 Å².